The molecule has 1 saturated carbocycles. The van der Waals surface area contributed by atoms with Crippen LogP contribution in [0, 0.1) is 5.82 Å². The third-order valence-corrected chi connectivity index (χ3v) is 4.98. The van der Waals surface area contributed by atoms with Crippen molar-refractivity contribution in [1.29, 1.82) is 0 Å². The molecule has 4 rings (SSSR count). The third-order valence-electron chi connectivity index (χ3n) is 4.98. The van der Waals surface area contributed by atoms with Crippen LogP contribution in [0.4, 0.5) is 16.2 Å². The van der Waals surface area contributed by atoms with Gasteiger partial charge in [0, 0.05) is 31.3 Å². The molecule has 1 amide bonds. The highest BCUT2D eigenvalue weighted by atomic mass is 19.1. The minimum atomic E-state index is -0.304. The summed E-state index contributed by atoms with van der Waals surface area (Å²) in [5.74, 6) is 0.486. The highest BCUT2D eigenvalue weighted by molar-refractivity contribution is 5.87. The maximum atomic E-state index is 14.2. The monoisotopic (exact) mass is 381 g/mol. The van der Waals surface area contributed by atoms with E-state index in [1.54, 1.807) is 30.6 Å². The van der Waals surface area contributed by atoms with E-state index in [0.717, 1.165) is 19.3 Å². The number of imidazole rings is 1. The van der Waals surface area contributed by atoms with Crippen LogP contribution in [0.2, 0.25) is 0 Å². The Kier molecular flexibility index (Phi) is 4.72. The number of carbonyl (C=O) groups is 1. The van der Waals surface area contributed by atoms with Crippen LogP contribution >= 0.6 is 0 Å². The Morgan fingerprint density at radius 3 is 2.75 bits per heavy atom. The molecule has 0 unspecified atom stereocenters. The molecule has 144 valence electrons. The van der Waals surface area contributed by atoms with Crippen LogP contribution in [0.1, 0.15) is 31.9 Å². The first-order chi connectivity index (χ1) is 13.6. The molecule has 1 fully saturated rings. The van der Waals surface area contributed by atoms with Gasteiger partial charge in [-0.25, -0.2) is 9.37 Å². The molecule has 0 saturated heterocycles. The minimum absolute atomic E-state index is 0.208. The first-order valence-electron chi connectivity index (χ1n) is 9.08. The van der Waals surface area contributed by atoms with Crippen molar-refractivity contribution < 1.29 is 9.18 Å². The summed E-state index contributed by atoms with van der Waals surface area (Å²) in [5.41, 5.74) is 1.36. The second kappa shape index (κ2) is 7.34. The molecule has 0 aromatic carbocycles. The van der Waals surface area contributed by atoms with E-state index in [2.05, 4.69) is 35.8 Å². The lowest BCUT2D eigenvalue weighted by molar-refractivity contribution is -0.114. The molecule has 0 radical (unpaired) electrons. The summed E-state index contributed by atoms with van der Waals surface area (Å²) < 4.78 is 14.2. The Balaban J connectivity index is 1.44. The molecule has 0 spiro atoms. The lowest BCUT2D eigenvalue weighted by Crippen LogP contribution is -2.42. The normalized spacial score (nSPS) is 14.9. The predicted molar refractivity (Wildman–Crippen MR) is 102 cm³/mol. The van der Waals surface area contributed by atoms with Gasteiger partial charge in [-0.1, -0.05) is 6.42 Å². The molecule has 3 aromatic rings. The summed E-state index contributed by atoms with van der Waals surface area (Å²) in [4.78, 5) is 22.5. The van der Waals surface area contributed by atoms with Crippen LogP contribution < -0.4 is 10.6 Å². The van der Waals surface area contributed by atoms with Gasteiger partial charge in [-0.15, -0.1) is 10.2 Å². The molecular formula is C19H20FN7O. The lowest BCUT2D eigenvalue weighted by Gasteiger charge is -2.41. The van der Waals surface area contributed by atoms with Crippen LogP contribution in [0.3, 0.4) is 0 Å². The van der Waals surface area contributed by atoms with E-state index in [1.165, 1.54) is 13.0 Å². The summed E-state index contributed by atoms with van der Waals surface area (Å²) in [6.07, 6.45) is 6.11. The molecule has 8 nitrogen and oxygen atoms in total. The third kappa shape index (κ3) is 3.55. The number of aromatic nitrogens is 5. The largest absolute Gasteiger partial charge is 0.368 e. The van der Waals surface area contributed by atoms with Gasteiger partial charge in [-0.05, 0) is 37.1 Å². The van der Waals surface area contributed by atoms with Gasteiger partial charge in [0.1, 0.15) is 23.0 Å². The number of carbonyl (C=O) groups excluding carboxylic acids is 1. The fourth-order valence-electron chi connectivity index (χ4n) is 3.38. The molecule has 3 aromatic heterocycles. The molecule has 0 atom stereocenters. The number of nitrogens with zero attached hydrogens (tertiary/aromatic N) is 4. The van der Waals surface area contributed by atoms with E-state index in [1.807, 2.05) is 0 Å². The Hall–Kier alpha value is -3.36. The first kappa shape index (κ1) is 18.0. The quantitative estimate of drug-likeness (QED) is 0.606. The summed E-state index contributed by atoms with van der Waals surface area (Å²) in [5, 5.41) is 14.2. The van der Waals surface area contributed by atoms with E-state index >= 15 is 0 Å². The molecule has 1 aliphatic rings. The number of rotatable bonds is 6. The van der Waals surface area contributed by atoms with Gasteiger partial charge in [0.25, 0.3) is 0 Å². The van der Waals surface area contributed by atoms with Gasteiger partial charge >= 0.3 is 0 Å². The van der Waals surface area contributed by atoms with Crippen molar-refractivity contribution in [1.82, 2.24) is 25.1 Å². The van der Waals surface area contributed by atoms with E-state index in [0.29, 0.717) is 35.4 Å². The first-order valence-corrected chi connectivity index (χ1v) is 9.08. The number of H-pyrrole nitrogens is 1. The van der Waals surface area contributed by atoms with Crippen molar-refractivity contribution in [2.75, 3.05) is 17.2 Å². The topological polar surface area (TPSA) is 108 Å². The number of aromatic amines is 1. The number of hydrogen-bond acceptors (Lipinski definition) is 6. The average molecular weight is 381 g/mol. The molecule has 0 aliphatic heterocycles. The SMILES string of the molecule is CC(=O)Nc1nc(-c2ccc(NCC3(c4ncccc4F)CCC3)nn2)c[nH]1. The summed E-state index contributed by atoms with van der Waals surface area (Å²) in [7, 11) is 0. The Morgan fingerprint density at radius 2 is 2.11 bits per heavy atom. The van der Waals surface area contributed by atoms with Gasteiger partial charge in [-0.2, -0.15) is 0 Å². The Bertz CT molecular complexity index is 982. The Labute approximate surface area is 161 Å². The van der Waals surface area contributed by atoms with Crippen LogP contribution in [0.5, 0.6) is 0 Å². The highest BCUT2D eigenvalue weighted by Crippen LogP contribution is 2.43. The standard InChI is InChI=1S/C19H20FN7O/c1-12(28)24-18-22-10-15(25-18)14-5-6-16(27-26-14)23-11-19(7-3-8-19)17-13(20)4-2-9-21-17/h2,4-6,9-10H,3,7-8,11H2,1H3,(H,23,27)(H2,22,24,25,28). The number of hydrogen-bond donors (Lipinski definition) is 3. The van der Waals surface area contributed by atoms with Gasteiger partial charge < -0.3 is 10.3 Å². The maximum absolute atomic E-state index is 14.2. The fourth-order valence-corrected chi connectivity index (χ4v) is 3.38. The van der Waals surface area contributed by atoms with Crippen LogP contribution in [0.25, 0.3) is 11.4 Å². The van der Waals surface area contributed by atoms with E-state index in [-0.39, 0.29) is 17.1 Å². The minimum Gasteiger partial charge on any atom is -0.368 e. The molecule has 9 heteroatoms. The number of nitrogens with one attached hydrogen (secondary N) is 3. The van der Waals surface area contributed by atoms with E-state index in [4.69, 9.17) is 0 Å². The van der Waals surface area contributed by atoms with Gasteiger partial charge in [0.05, 0.1) is 5.69 Å². The number of amides is 1. The smallest absolute Gasteiger partial charge is 0.223 e. The van der Waals surface area contributed by atoms with Crippen molar-refractivity contribution in [3.8, 4) is 11.4 Å². The zero-order chi connectivity index (χ0) is 19.6. The summed E-state index contributed by atoms with van der Waals surface area (Å²) in [6, 6.07) is 6.65. The molecular weight excluding hydrogens is 361 g/mol. The Morgan fingerprint density at radius 1 is 1.25 bits per heavy atom. The number of anilines is 2. The highest BCUT2D eigenvalue weighted by Gasteiger charge is 2.41. The summed E-state index contributed by atoms with van der Waals surface area (Å²) in [6.45, 7) is 1.96. The average Bonchev–Trinajstić information content (AvgIpc) is 3.10. The van der Waals surface area contributed by atoms with Crippen molar-refractivity contribution in [2.24, 2.45) is 0 Å². The van der Waals surface area contributed by atoms with Gasteiger partial charge in [-0.3, -0.25) is 15.1 Å². The van der Waals surface area contributed by atoms with Crippen molar-refractivity contribution in [3.63, 3.8) is 0 Å². The van der Waals surface area contributed by atoms with Crippen molar-refractivity contribution in [2.45, 2.75) is 31.6 Å². The van der Waals surface area contributed by atoms with Crippen molar-refractivity contribution >= 4 is 17.7 Å². The lowest BCUT2D eigenvalue weighted by atomic mass is 9.66. The second-order valence-electron chi connectivity index (χ2n) is 6.94. The molecule has 3 N–H and O–H groups in total. The zero-order valence-corrected chi connectivity index (χ0v) is 15.4. The van der Waals surface area contributed by atoms with Crippen LogP contribution in [0.15, 0.2) is 36.7 Å². The van der Waals surface area contributed by atoms with E-state index in [9.17, 15) is 9.18 Å². The molecule has 1 aliphatic carbocycles. The molecule has 28 heavy (non-hydrogen) atoms. The van der Waals surface area contributed by atoms with Gasteiger partial charge in [0.15, 0.2) is 0 Å². The number of pyridine rings is 1. The maximum Gasteiger partial charge on any atom is 0.223 e. The molecule has 0 bridgehead atoms. The molecule has 3 heterocycles. The zero-order valence-electron chi connectivity index (χ0n) is 15.4. The van der Waals surface area contributed by atoms with Crippen LogP contribution in [-0.2, 0) is 10.2 Å². The van der Waals surface area contributed by atoms with Gasteiger partial charge in [0.2, 0.25) is 11.9 Å². The predicted octanol–water partition coefficient (Wildman–Crippen LogP) is 2.89. The van der Waals surface area contributed by atoms with Crippen LogP contribution in [-0.4, -0.2) is 37.6 Å². The summed E-state index contributed by atoms with van der Waals surface area (Å²) >= 11 is 0. The van der Waals surface area contributed by atoms with E-state index < -0.39 is 0 Å². The number of halogens is 1. The second-order valence-corrected chi connectivity index (χ2v) is 6.94. The fraction of sp³-hybridized carbons (Fsp3) is 0.316. The van der Waals surface area contributed by atoms with Crippen molar-refractivity contribution in [3.05, 3.63) is 48.2 Å².